The van der Waals surface area contributed by atoms with Gasteiger partial charge in [0.05, 0.1) is 5.56 Å². The molecule has 0 fully saturated rings. The van der Waals surface area contributed by atoms with Gasteiger partial charge >= 0.3 is 5.69 Å². The lowest BCUT2D eigenvalue weighted by atomic mass is 10.1. The van der Waals surface area contributed by atoms with Crippen LogP contribution in [0, 0.1) is 0 Å². The standard InChI is InChI=1S/C24H17ClN6O4/c1-14(32)15-7-9-18(10-8-15)26-20(33)13-31-24(34)30-11-3-6-19(22(30)28-31)23-27-21(29-35-23)16-4-2-5-17(25)12-16/h2-12H,13H2,1H3,(H,26,33). The molecular formula is C24H17ClN6O4. The molecule has 0 radical (unpaired) electrons. The smallest absolute Gasteiger partial charge is 0.333 e. The topological polar surface area (TPSA) is 124 Å². The minimum atomic E-state index is -0.501. The molecule has 1 amide bonds. The number of amides is 1. The number of halogens is 1. The molecule has 174 valence electrons. The number of fused-ring (bicyclic) bond motifs is 1. The number of carbonyl (C=O) groups is 2. The molecule has 0 spiro atoms. The van der Waals surface area contributed by atoms with Crippen LogP contribution >= 0.6 is 11.6 Å². The molecule has 0 aliphatic carbocycles. The summed E-state index contributed by atoms with van der Waals surface area (Å²) in [7, 11) is 0. The molecule has 0 atom stereocenters. The van der Waals surface area contributed by atoms with E-state index in [-0.39, 0.29) is 23.9 Å². The first kappa shape index (κ1) is 22.2. The van der Waals surface area contributed by atoms with E-state index in [1.807, 2.05) is 0 Å². The fourth-order valence-corrected chi connectivity index (χ4v) is 3.70. The van der Waals surface area contributed by atoms with E-state index in [0.717, 1.165) is 4.68 Å². The van der Waals surface area contributed by atoms with Crippen LogP contribution < -0.4 is 11.0 Å². The number of carbonyl (C=O) groups excluding carboxylic acids is 2. The molecule has 0 bridgehead atoms. The van der Waals surface area contributed by atoms with Crippen LogP contribution in [0.1, 0.15) is 17.3 Å². The van der Waals surface area contributed by atoms with Crippen molar-refractivity contribution in [3.05, 3.63) is 87.9 Å². The van der Waals surface area contributed by atoms with Gasteiger partial charge in [0, 0.05) is 28.0 Å². The third-order valence-electron chi connectivity index (χ3n) is 5.22. The SMILES string of the molecule is CC(=O)c1ccc(NC(=O)Cn2nc3c(-c4nc(-c5cccc(Cl)c5)no4)cccn3c2=O)cc1. The maximum absolute atomic E-state index is 12.8. The normalized spacial score (nSPS) is 11.0. The van der Waals surface area contributed by atoms with Gasteiger partial charge in [-0.25, -0.2) is 13.9 Å². The molecule has 1 N–H and O–H groups in total. The molecule has 0 aliphatic heterocycles. The Kier molecular flexibility index (Phi) is 5.71. The van der Waals surface area contributed by atoms with Gasteiger partial charge < -0.3 is 9.84 Å². The number of hydrogen-bond acceptors (Lipinski definition) is 7. The summed E-state index contributed by atoms with van der Waals surface area (Å²) >= 11 is 6.05. The number of aromatic nitrogens is 5. The Hall–Kier alpha value is -4.57. The number of anilines is 1. The summed E-state index contributed by atoms with van der Waals surface area (Å²) in [4.78, 5) is 41.2. The summed E-state index contributed by atoms with van der Waals surface area (Å²) in [6.07, 6.45) is 1.54. The van der Waals surface area contributed by atoms with Gasteiger partial charge in [-0.2, -0.15) is 4.98 Å². The van der Waals surface area contributed by atoms with Crippen LogP contribution in [0.5, 0.6) is 0 Å². The molecule has 11 heteroatoms. The summed E-state index contributed by atoms with van der Waals surface area (Å²) in [6.45, 7) is 1.15. The van der Waals surface area contributed by atoms with E-state index >= 15 is 0 Å². The van der Waals surface area contributed by atoms with Crippen LogP contribution in [0.3, 0.4) is 0 Å². The first-order valence-corrected chi connectivity index (χ1v) is 10.9. The van der Waals surface area contributed by atoms with E-state index in [1.165, 1.54) is 17.5 Å². The molecule has 35 heavy (non-hydrogen) atoms. The second-order valence-corrected chi connectivity index (χ2v) is 8.11. The lowest BCUT2D eigenvalue weighted by Gasteiger charge is -2.05. The lowest BCUT2D eigenvalue weighted by Crippen LogP contribution is -2.28. The van der Waals surface area contributed by atoms with Gasteiger partial charge in [0.15, 0.2) is 11.4 Å². The van der Waals surface area contributed by atoms with Crippen LogP contribution in [0.25, 0.3) is 28.5 Å². The number of hydrogen-bond donors (Lipinski definition) is 1. The zero-order valence-corrected chi connectivity index (χ0v) is 19.1. The van der Waals surface area contributed by atoms with Crippen molar-refractivity contribution in [2.75, 3.05) is 5.32 Å². The summed E-state index contributed by atoms with van der Waals surface area (Å²) < 4.78 is 7.76. The van der Waals surface area contributed by atoms with Gasteiger partial charge in [-0.1, -0.05) is 28.9 Å². The predicted molar refractivity (Wildman–Crippen MR) is 128 cm³/mol. The van der Waals surface area contributed by atoms with E-state index < -0.39 is 11.6 Å². The number of ketones is 1. The molecule has 3 heterocycles. The van der Waals surface area contributed by atoms with E-state index in [0.29, 0.717) is 33.2 Å². The maximum Gasteiger partial charge on any atom is 0.350 e. The first-order valence-electron chi connectivity index (χ1n) is 10.5. The van der Waals surface area contributed by atoms with Crippen molar-refractivity contribution in [2.45, 2.75) is 13.5 Å². The molecule has 0 unspecified atom stereocenters. The second kappa shape index (κ2) is 8.99. The number of nitrogens with zero attached hydrogens (tertiary/aromatic N) is 5. The highest BCUT2D eigenvalue weighted by atomic mass is 35.5. The summed E-state index contributed by atoms with van der Waals surface area (Å²) in [5, 5.41) is 11.5. The largest absolute Gasteiger partial charge is 0.350 e. The molecule has 3 aromatic heterocycles. The second-order valence-electron chi connectivity index (χ2n) is 7.67. The third kappa shape index (κ3) is 4.46. The monoisotopic (exact) mass is 488 g/mol. The van der Waals surface area contributed by atoms with E-state index in [9.17, 15) is 14.4 Å². The number of benzene rings is 2. The van der Waals surface area contributed by atoms with Crippen LogP contribution in [-0.2, 0) is 11.3 Å². The van der Waals surface area contributed by atoms with Crippen molar-refractivity contribution in [2.24, 2.45) is 0 Å². The van der Waals surface area contributed by atoms with Crippen molar-refractivity contribution >= 4 is 34.6 Å². The number of Topliss-reactive ketones (excluding diaryl/α,β-unsaturated/α-hetero) is 1. The Balaban J connectivity index is 1.41. The summed E-state index contributed by atoms with van der Waals surface area (Å²) in [5.41, 5.74) is 1.90. The highest BCUT2D eigenvalue weighted by Crippen LogP contribution is 2.25. The molecule has 0 saturated heterocycles. The molecule has 0 aliphatic rings. The van der Waals surface area contributed by atoms with Crippen LogP contribution in [0.4, 0.5) is 5.69 Å². The Bertz CT molecular complexity index is 1630. The number of rotatable bonds is 6. The van der Waals surface area contributed by atoms with Gasteiger partial charge in [-0.15, -0.1) is 5.10 Å². The van der Waals surface area contributed by atoms with Gasteiger partial charge in [0.2, 0.25) is 11.7 Å². The van der Waals surface area contributed by atoms with Gasteiger partial charge in [-0.05, 0) is 55.5 Å². The van der Waals surface area contributed by atoms with Crippen molar-refractivity contribution in [1.82, 2.24) is 24.3 Å². The lowest BCUT2D eigenvalue weighted by molar-refractivity contribution is -0.117. The van der Waals surface area contributed by atoms with Gasteiger partial charge in [0.1, 0.15) is 6.54 Å². The highest BCUT2D eigenvalue weighted by Gasteiger charge is 2.19. The fraction of sp³-hybridized carbons (Fsp3) is 0.0833. The van der Waals surface area contributed by atoms with Gasteiger partial charge in [0.25, 0.3) is 5.89 Å². The van der Waals surface area contributed by atoms with E-state index in [1.54, 1.807) is 60.7 Å². The van der Waals surface area contributed by atoms with E-state index in [2.05, 4.69) is 20.6 Å². The third-order valence-corrected chi connectivity index (χ3v) is 5.45. The molecule has 0 saturated carbocycles. The minimum absolute atomic E-state index is 0.0733. The molecule has 5 aromatic rings. The zero-order valence-electron chi connectivity index (χ0n) is 18.3. The van der Waals surface area contributed by atoms with Crippen molar-refractivity contribution < 1.29 is 14.1 Å². The van der Waals surface area contributed by atoms with Crippen molar-refractivity contribution in [3.63, 3.8) is 0 Å². The van der Waals surface area contributed by atoms with Gasteiger partial charge in [-0.3, -0.25) is 9.59 Å². The molecule has 2 aromatic carbocycles. The van der Waals surface area contributed by atoms with Crippen molar-refractivity contribution in [1.29, 1.82) is 0 Å². The van der Waals surface area contributed by atoms with Crippen molar-refractivity contribution in [3.8, 4) is 22.8 Å². The van der Waals surface area contributed by atoms with Crippen LogP contribution in [-0.4, -0.2) is 36.0 Å². The average Bonchev–Trinajstić information content (AvgIpc) is 3.45. The summed E-state index contributed by atoms with van der Waals surface area (Å²) in [6, 6.07) is 16.8. The van der Waals surface area contributed by atoms with E-state index in [4.69, 9.17) is 16.1 Å². The Morgan fingerprint density at radius 3 is 2.63 bits per heavy atom. The molecule has 5 rings (SSSR count). The Morgan fingerprint density at radius 2 is 1.89 bits per heavy atom. The Labute approximate surface area is 202 Å². The maximum atomic E-state index is 12.8. The number of nitrogens with one attached hydrogen (secondary N) is 1. The zero-order chi connectivity index (χ0) is 24.5. The summed E-state index contributed by atoms with van der Waals surface area (Å²) in [5.74, 6) is -0.0243. The van der Waals surface area contributed by atoms with Crippen LogP contribution in [0.2, 0.25) is 5.02 Å². The number of pyridine rings is 1. The van der Waals surface area contributed by atoms with Crippen LogP contribution in [0.15, 0.2) is 76.2 Å². The Morgan fingerprint density at radius 1 is 1.09 bits per heavy atom. The molecular weight excluding hydrogens is 472 g/mol. The first-order chi connectivity index (χ1) is 16.9. The highest BCUT2D eigenvalue weighted by molar-refractivity contribution is 6.30. The minimum Gasteiger partial charge on any atom is -0.333 e. The predicted octanol–water partition coefficient (Wildman–Crippen LogP) is 3.71. The molecule has 10 nitrogen and oxygen atoms in total. The quantitative estimate of drug-likeness (QED) is 0.361. The average molecular weight is 489 g/mol. The fourth-order valence-electron chi connectivity index (χ4n) is 3.51.